The number of oxazole rings is 1. The van der Waals surface area contributed by atoms with Crippen LogP contribution < -0.4 is 4.72 Å². The molecule has 0 aliphatic carbocycles. The van der Waals surface area contributed by atoms with Crippen molar-refractivity contribution in [1.29, 1.82) is 0 Å². The first kappa shape index (κ1) is 15.0. The van der Waals surface area contributed by atoms with Crippen molar-refractivity contribution in [3.8, 4) is 10.6 Å². The minimum Gasteiger partial charge on any atom is -0.440 e. The number of sulfonamides is 1. The lowest BCUT2D eigenvalue weighted by molar-refractivity contribution is 0.535. The largest absolute Gasteiger partial charge is 0.440 e. The number of benzene rings is 1. The molecule has 0 bridgehead atoms. The van der Waals surface area contributed by atoms with Gasteiger partial charge in [0, 0.05) is 13.5 Å². The molecular weight excluding hydrogens is 320 g/mol. The first-order chi connectivity index (χ1) is 10.5. The van der Waals surface area contributed by atoms with Crippen molar-refractivity contribution in [3.63, 3.8) is 0 Å². The molecule has 3 aromatic rings. The standard InChI is InChI=1S/C15H14N2O3S2/c1-11-16-10-13(20-11)14-7-8-15(21-14)22(18,19)17-9-12-5-3-2-4-6-12/h2-8,10,17H,9H2,1H3. The molecule has 5 nitrogen and oxygen atoms in total. The van der Waals surface area contributed by atoms with Gasteiger partial charge in [0.05, 0.1) is 11.1 Å². The van der Waals surface area contributed by atoms with Gasteiger partial charge in [0.1, 0.15) is 4.21 Å². The van der Waals surface area contributed by atoms with Gasteiger partial charge in [-0.1, -0.05) is 30.3 Å². The highest BCUT2D eigenvalue weighted by molar-refractivity contribution is 7.91. The van der Waals surface area contributed by atoms with Crippen LogP contribution in [-0.2, 0) is 16.6 Å². The second kappa shape index (κ2) is 6.04. The molecule has 1 N–H and O–H groups in total. The fourth-order valence-corrected chi connectivity index (χ4v) is 4.23. The minimum absolute atomic E-state index is 0.257. The molecule has 0 spiro atoms. The molecule has 0 atom stereocenters. The average Bonchev–Trinajstić information content (AvgIpc) is 3.15. The quantitative estimate of drug-likeness (QED) is 0.778. The van der Waals surface area contributed by atoms with Gasteiger partial charge in [-0.25, -0.2) is 18.1 Å². The Morgan fingerprint density at radius 3 is 2.64 bits per heavy atom. The van der Waals surface area contributed by atoms with Gasteiger partial charge in [-0.15, -0.1) is 11.3 Å². The van der Waals surface area contributed by atoms with Gasteiger partial charge in [0.2, 0.25) is 10.0 Å². The number of nitrogens with one attached hydrogen (secondary N) is 1. The molecule has 0 saturated heterocycles. The Morgan fingerprint density at radius 2 is 1.95 bits per heavy atom. The van der Waals surface area contributed by atoms with Crippen LogP contribution in [0.3, 0.4) is 0 Å². The van der Waals surface area contributed by atoms with Gasteiger partial charge in [-0.2, -0.15) is 0 Å². The highest BCUT2D eigenvalue weighted by Gasteiger charge is 2.18. The molecule has 114 valence electrons. The van der Waals surface area contributed by atoms with Crippen LogP contribution in [0.4, 0.5) is 0 Å². The highest BCUT2D eigenvalue weighted by Crippen LogP contribution is 2.31. The first-order valence-electron chi connectivity index (χ1n) is 6.61. The molecule has 0 amide bonds. The minimum atomic E-state index is -3.53. The summed E-state index contributed by atoms with van der Waals surface area (Å²) in [7, 11) is -3.53. The molecule has 2 heterocycles. The first-order valence-corrected chi connectivity index (χ1v) is 8.91. The summed E-state index contributed by atoms with van der Waals surface area (Å²) >= 11 is 1.16. The van der Waals surface area contributed by atoms with Crippen molar-refractivity contribution >= 4 is 21.4 Å². The van der Waals surface area contributed by atoms with Gasteiger partial charge in [0.25, 0.3) is 0 Å². The number of thiophene rings is 1. The third-order valence-electron chi connectivity index (χ3n) is 3.02. The summed E-state index contributed by atoms with van der Waals surface area (Å²) in [4.78, 5) is 4.75. The maximum Gasteiger partial charge on any atom is 0.250 e. The van der Waals surface area contributed by atoms with E-state index in [4.69, 9.17) is 4.42 Å². The van der Waals surface area contributed by atoms with E-state index in [0.29, 0.717) is 11.7 Å². The summed E-state index contributed by atoms with van der Waals surface area (Å²) in [6.45, 7) is 2.01. The zero-order valence-electron chi connectivity index (χ0n) is 11.8. The number of nitrogens with zero attached hydrogens (tertiary/aromatic N) is 1. The summed E-state index contributed by atoms with van der Waals surface area (Å²) < 4.78 is 32.9. The molecule has 0 unspecified atom stereocenters. The number of hydrogen-bond donors (Lipinski definition) is 1. The smallest absolute Gasteiger partial charge is 0.250 e. The third-order valence-corrected chi connectivity index (χ3v) is 6.01. The summed E-state index contributed by atoms with van der Waals surface area (Å²) in [5.41, 5.74) is 0.911. The van der Waals surface area contributed by atoms with Crippen LogP contribution in [0.5, 0.6) is 0 Å². The topological polar surface area (TPSA) is 72.2 Å². The van der Waals surface area contributed by atoms with Gasteiger partial charge < -0.3 is 4.42 Å². The Balaban J connectivity index is 1.77. The number of aryl methyl sites for hydroxylation is 1. The molecule has 2 aromatic heterocycles. The summed E-state index contributed by atoms with van der Waals surface area (Å²) in [6.07, 6.45) is 1.59. The van der Waals surface area contributed by atoms with E-state index in [2.05, 4.69) is 9.71 Å². The average molecular weight is 334 g/mol. The Labute approximate surface area is 132 Å². The van der Waals surface area contributed by atoms with Crippen LogP contribution in [0.25, 0.3) is 10.6 Å². The monoisotopic (exact) mass is 334 g/mol. The number of hydrogen-bond acceptors (Lipinski definition) is 5. The number of aromatic nitrogens is 1. The van der Waals surface area contributed by atoms with E-state index >= 15 is 0 Å². The lowest BCUT2D eigenvalue weighted by atomic mass is 10.2. The Morgan fingerprint density at radius 1 is 1.18 bits per heavy atom. The van der Waals surface area contributed by atoms with Crippen molar-refractivity contribution in [2.24, 2.45) is 0 Å². The molecule has 22 heavy (non-hydrogen) atoms. The zero-order chi connectivity index (χ0) is 15.6. The third kappa shape index (κ3) is 3.27. The van der Waals surface area contributed by atoms with Crippen molar-refractivity contribution < 1.29 is 12.8 Å². The van der Waals surface area contributed by atoms with E-state index in [1.807, 2.05) is 30.3 Å². The van der Waals surface area contributed by atoms with Crippen LogP contribution >= 0.6 is 11.3 Å². The lowest BCUT2D eigenvalue weighted by Gasteiger charge is -2.04. The Kier molecular flexibility index (Phi) is 4.10. The van der Waals surface area contributed by atoms with Crippen molar-refractivity contribution in [2.45, 2.75) is 17.7 Å². The molecule has 3 rings (SSSR count). The normalized spacial score (nSPS) is 11.7. The van der Waals surface area contributed by atoms with E-state index in [1.54, 1.807) is 25.3 Å². The van der Waals surface area contributed by atoms with Crippen molar-refractivity contribution in [2.75, 3.05) is 0 Å². The van der Waals surface area contributed by atoms with E-state index in [1.165, 1.54) is 0 Å². The molecule has 0 radical (unpaired) electrons. The zero-order valence-corrected chi connectivity index (χ0v) is 13.4. The molecule has 1 aromatic carbocycles. The predicted molar refractivity (Wildman–Crippen MR) is 85.0 cm³/mol. The van der Waals surface area contributed by atoms with E-state index in [9.17, 15) is 8.42 Å². The predicted octanol–water partition coefficient (Wildman–Crippen LogP) is 3.19. The summed E-state index contributed by atoms with van der Waals surface area (Å²) in [6, 6.07) is 12.7. The molecule has 7 heteroatoms. The van der Waals surface area contributed by atoms with E-state index in [-0.39, 0.29) is 10.8 Å². The summed E-state index contributed by atoms with van der Waals surface area (Å²) in [5.74, 6) is 1.13. The van der Waals surface area contributed by atoms with E-state index < -0.39 is 10.0 Å². The lowest BCUT2D eigenvalue weighted by Crippen LogP contribution is -2.22. The summed E-state index contributed by atoms with van der Waals surface area (Å²) in [5, 5.41) is 0. The van der Waals surface area contributed by atoms with E-state index in [0.717, 1.165) is 21.8 Å². The maximum atomic E-state index is 12.3. The second-order valence-electron chi connectivity index (χ2n) is 4.67. The SMILES string of the molecule is Cc1ncc(-c2ccc(S(=O)(=O)NCc3ccccc3)s2)o1. The fraction of sp³-hybridized carbons (Fsp3) is 0.133. The molecule has 0 aliphatic heterocycles. The van der Waals surface area contributed by atoms with Crippen LogP contribution in [0.15, 0.2) is 57.3 Å². The van der Waals surface area contributed by atoms with Crippen molar-refractivity contribution in [3.05, 3.63) is 60.1 Å². The van der Waals surface area contributed by atoms with Crippen LogP contribution in [0, 0.1) is 6.92 Å². The molecule has 0 aliphatic rings. The van der Waals surface area contributed by atoms with Crippen molar-refractivity contribution in [1.82, 2.24) is 9.71 Å². The van der Waals surface area contributed by atoms with Gasteiger partial charge in [0.15, 0.2) is 11.7 Å². The van der Waals surface area contributed by atoms with Crippen LogP contribution in [0.1, 0.15) is 11.5 Å². The number of rotatable bonds is 5. The van der Waals surface area contributed by atoms with Gasteiger partial charge >= 0.3 is 0 Å². The second-order valence-corrected chi connectivity index (χ2v) is 7.75. The van der Waals surface area contributed by atoms with Crippen LogP contribution in [-0.4, -0.2) is 13.4 Å². The van der Waals surface area contributed by atoms with Gasteiger partial charge in [-0.05, 0) is 17.7 Å². The fourth-order valence-electron chi connectivity index (χ4n) is 1.92. The maximum absolute atomic E-state index is 12.3. The Hall–Kier alpha value is -1.96. The molecular formula is C15H14N2O3S2. The van der Waals surface area contributed by atoms with Gasteiger partial charge in [-0.3, -0.25) is 0 Å². The Bertz CT molecular complexity index is 867. The molecule has 0 saturated carbocycles. The van der Waals surface area contributed by atoms with Crippen LogP contribution in [0.2, 0.25) is 0 Å². The molecule has 0 fully saturated rings. The highest BCUT2D eigenvalue weighted by atomic mass is 32.2.